The molecule has 8 nitrogen and oxygen atoms in total. The Morgan fingerprint density at radius 2 is 2.08 bits per heavy atom. The van der Waals surface area contributed by atoms with Gasteiger partial charge in [-0.05, 0) is 45.4 Å². The molecule has 26 heavy (non-hydrogen) atoms. The van der Waals surface area contributed by atoms with Gasteiger partial charge in [-0.2, -0.15) is 0 Å². The van der Waals surface area contributed by atoms with Crippen LogP contribution in [0.2, 0.25) is 0 Å². The van der Waals surface area contributed by atoms with Crippen LogP contribution in [0.1, 0.15) is 37.6 Å². The number of carbonyl (C=O) groups excluding carboxylic acids is 2. The Bertz CT molecular complexity index is 671. The molecule has 4 N–H and O–H groups in total. The summed E-state index contributed by atoms with van der Waals surface area (Å²) in [6, 6.07) is 4.55. The van der Waals surface area contributed by atoms with Crippen molar-refractivity contribution in [2.75, 3.05) is 31.2 Å². The summed E-state index contributed by atoms with van der Waals surface area (Å²) in [4.78, 5) is 25.5. The number of esters is 1. The lowest BCUT2D eigenvalue weighted by Gasteiger charge is -2.28. The third-order valence-corrected chi connectivity index (χ3v) is 4.02. The average Bonchev–Trinajstić information content (AvgIpc) is 2.93. The summed E-state index contributed by atoms with van der Waals surface area (Å²) in [6.07, 6.45) is -0.631. The Hall–Kier alpha value is -2.48. The summed E-state index contributed by atoms with van der Waals surface area (Å²) in [6.45, 7) is 5.97. The largest absolute Gasteiger partial charge is 0.465 e. The maximum Gasteiger partial charge on any atom is 0.410 e. The van der Waals surface area contributed by atoms with Gasteiger partial charge >= 0.3 is 12.1 Å². The van der Waals surface area contributed by atoms with Gasteiger partial charge in [-0.3, -0.25) is 0 Å². The summed E-state index contributed by atoms with van der Waals surface area (Å²) in [7, 11) is 1.31. The van der Waals surface area contributed by atoms with E-state index in [9.17, 15) is 14.7 Å². The number of nitrogen functional groups attached to an aromatic ring is 1. The summed E-state index contributed by atoms with van der Waals surface area (Å²) in [5.74, 6) is -0.459. The lowest BCUT2D eigenvalue weighted by atomic mass is 10.1. The lowest BCUT2D eigenvalue weighted by molar-refractivity contribution is 0.0216. The third kappa shape index (κ3) is 5.01. The third-order valence-electron chi connectivity index (χ3n) is 4.02. The molecule has 1 aromatic carbocycles. The standard InChI is InChI=1S/C18H27N3O5/c1-18(2,3)26-17(24)21-10-13(22)8-12(21)9-20-15-7-11(16(23)25-4)5-6-14(15)19/h5-7,12-13,20,22H,8-10,19H2,1-4H3/t12-,13-/m1/s1. The number of nitrogens with zero attached hydrogens (tertiary/aromatic N) is 1. The summed E-state index contributed by atoms with van der Waals surface area (Å²) < 4.78 is 10.1. The second kappa shape index (κ2) is 7.82. The number of carbonyl (C=O) groups is 2. The molecule has 2 atom stereocenters. The number of methoxy groups -OCH3 is 1. The van der Waals surface area contributed by atoms with Gasteiger partial charge in [0.15, 0.2) is 0 Å². The lowest BCUT2D eigenvalue weighted by Crippen LogP contribution is -2.42. The number of aliphatic hydroxyl groups is 1. The van der Waals surface area contributed by atoms with Crippen LogP contribution >= 0.6 is 0 Å². The van der Waals surface area contributed by atoms with Crippen LogP contribution in [0.5, 0.6) is 0 Å². The van der Waals surface area contributed by atoms with Crippen molar-refractivity contribution in [1.82, 2.24) is 4.90 Å². The summed E-state index contributed by atoms with van der Waals surface area (Å²) in [5, 5.41) is 13.1. The molecule has 1 fully saturated rings. The van der Waals surface area contributed by atoms with E-state index >= 15 is 0 Å². The molecule has 0 bridgehead atoms. The van der Waals surface area contributed by atoms with E-state index in [4.69, 9.17) is 15.2 Å². The number of hydrogen-bond donors (Lipinski definition) is 3. The van der Waals surface area contributed by atoms with Crippen molar-refractivity contribution < 1.29 is 24.2 Å². The van der Waals surface area contributed by atoms with Crippen LogP contribution in [0.4, 0.5) is 16.2 Å². The van der Waals surface area contributed by atoms with E-state index < -0.39 is 23.8 Å². The monoisotopic (exact) mass is 365 g/mol. The van der Waals surface area contributed by atoms with Crippen molar-refractivity contribution in [3.05, 3.63) is 23.8 Å². The molecular weight excluding hydrogens is 338 g/mol. The molecule has 1 aliphatic heterocycles. The molecule has 8 heteroatoms. The molecule has 1 heterocycles. The highest BCUT2D eigenvalue weighted by Crippen LogP contribution is 2.24. The van der Waals surface area contributed by atoms with Gasteiger partial charge in [-0.25, -0.2) is 9.59 Å². The fraction of sp³-hybridized carbons (Fsp3) is 0.556. The first-order valence-electron chi connectivity index (χ1n) is 8.50. The normalized spacial score (nSPS) is 20.0. The van der Waals surface area contributed by atoms with Gasteiger partial charge in [-0.1, -0.05) is 0 Å². The Morgan fingerprint density at radius 3 is 2.69 bits per heavy atom. The number of β-amino-alcohol motifs (C(OH)–C–C–N with tert-alkyl or cyclic N) is 1. The van der Waals surface area contributed by atoms with Crippen molar-refractivity contribution in [2.24, 2.45) is 0 Å². The minimum Gasteiger partial charge on any atom is -0.465 e. The van der Waals surface area contributed by atoms with Gasteiger partial charge in [0, 0.05) is 6.54 Å². The molecule has 0 unspecified atom stereocenters. The number of nitrogens with one attached hydrogen (secondary N) is 1. The molecule has 1 saturated heterocycles. The van der Waals surface area contributed by atoms with E-state index in [1.165, 1.54) is 12.0 Å². The van der Waals surface area contributed by atoms with Gasteiger partial charge in [0.1, 0.15) is 5.60 Å². The van der Waals surface area contributed by atoms with E-state index in [0.717, 1.165) is 0 Å². The fourth-order valence-electron chi connectivity index (χ4n) is 2.81. The first kappa shape index (κ1) is 19.8. The number of rotatable bonds is 4. The maximum absolute atomic E-state index is 12.4. The van der Waals surface area contributed by atoms with Crippen LogP contribution in [0.3, 0.4) is 0 Å². The van der Waals surface area contributed by atoms with Crippen LogP contribution in [-0.2, 0) is 9.47 Å². The molecule has 1 aromatic rings. The first-order valence-corrected chi connectivity index (χ1v) is 8.50. The van der Waals surface area contributed by atoms with E-state index in [0.29, 0.717) is 29.9 Å². The summed E-state index contributed by atoms with van der Waals surface area (Å²) in [5.41, 5.74) is 6.76. The SMILES string of the molecule is COC(=O)c1ccc(N)c(NC[C@H]2C[C@@H](O)CN2C(=O)OC(C)(C)C)c1. The second-order valence-corrected chi connectivity index (χ2v) is 7.35. The minimum absolute atomic E-state index is 0.221. The smallest absolute Gasteiger partial charge is 0.410 e. The van der Waals surface area contributed by atoms with Crippen molar-refractivity contribution in [2.45, 2.75) is 44.9 Å². The quantitative estimate of drug-likeness (QED) is 0.551. The number of nitrogens with two attached hydrogens (primary N) is 1. The highest BCUT2D eigenvalue weighted by Gasteiger charge is 2.36. The van der Waals surface area contributed by atoms with Crippen LogP contribution in [0.15, 0.2) is 18.2 Å². The molecule has 0 spiro atoms. The Morgan fingerprint density at radius 1 is 1.38 bits per heavy atom. The first-order chi connectivity index (χ1) is 12.1. The van der Waals surface area contributed by atoms with Gasteiger partial charge in [-0.15, -0.1) is 0 Å². The number of ether oxygens (including phenoxy) is 2. The molecule has 0 saturated carbocycles. The molecule has 1 amide bonds. The fourth-order valence-corrected chi connectivity index (χ4v) is 2.81. The van der Waals surface area contributed by atoms with Crippen molar-refractivity contribution in [3.63, 3.8) is 0 Å². The van der Waals surface area contributed by atoms with E-state index in [-0.39, 0.29) is 12.6 Å². The van der Waals surface area contributed by atoms with Gasteiger partial charge < -0.3 is 30.5 Å². The predicted octanol–water partition coefficient (Wildman–Crippen LogP) is 1.84. The minimum atomic E-state index is -0.609. The topological polar surface area (TPSA) is 114 Å². The molecule has 0 aromatic heterocycles. The van der Waals surface area contributed by atoms with Crippen molar-refractivity contribution in [3.8, 4) is 0 Å². The average molecular weight is 365 g/mol. The Balaban J connectivity index is 2.07. The zero-order valence-electron chi connectivity index (χ0n) is 15.6. The zero-order valence-corrected chi connectivity index (χ0v) is 15.6. The van der Waals surface area contributed by atoms with Gasteiger partial charge in [0.05, 0.1) is 42.7 Å². The number of anilines is 2. The number of likely N-dealkylation sites (tertiary alicyclic amines) is 1. The van der Waals surface area contributed by atoms with Crippen molar-refractivity contribution in [1.29, 1.82) is 0 Å². The molecule has 1 aliphatic rings. The van der Waals surface area contributed by atoms with E-state index in [1.807, 2.05) is 0 Å². The predicted molar refractivity (Wildman–Crippen MR) is 98.0 cm³/mol. The number of benzene rings is 1. The van der Waals surface area contributed by atoms with E-state index in [2.05, 4.69) is 5.32 Å². The van der Waals surface area contributed by atoms with Crippen LogP contribution < -0.4 is 11.1 Å². The molecule has 2 rings (SSSR count). The molecule has 144 valence electrons. The van der Waals surface area contributed by atoms with Crippen LogP contribution in [0.25, 0.3) is 0 Å². The van der Waals surface area contributed by atoms with Crippen molar-refractivity contribution >= 4 is 23.4 Å². The Labute approximate surface area is 153 Å². The second-order valence-electron chi connectivity index (χ2n) is 7.35. The van der Waals surface area contributed by atoms with Gasteiger partial charge in [0.25, 0.3) is 0 Å². The van der Waals surface area contributed by atoms with E-state index in [1.54, 1.807) is 39.0 Å². The molecule has 0 radical (unpaired) electrons. The summed E-state index contributed by atoms with van der Waals surface area (Å²) >= 11 is 0. The molecule has 0 aliphatic carbocycles. The maximum atomic E-state index is 12.4. The highest BCUT2D eigenvalue weighted by molar-refractivity contribution is 5.91. The van der Waals surface area contributed by atoms with Crippen LogP contribution in [0, 0.1) is 0 Å². The molecular formula is C18H27N3O5. The number of hydrogen-bond acceptors (Lipinski definition) is 7. The highest BCUT2D eigenvalue weighted by atomic mass is 16.6. The number of aliphatic hydroxyl groups excluding tert-OH is 1. The van der Waals surface area contributed by atoms with Gasteiger partial charge in [0.2, 0.25) is 0 Å². The Kier molecular flexibility index (Phi) is 5.97. The van der Waals surface area contributed by atoms with Crippen LogP contribution in [-0.4, -0.2) is 60.0 Å². The zero-order chi connectivity index (χ0) is 19.5. The number of amides is 1.